The largest absolute Gasteiger partial charge is 0.377 e. The molecule has 4 aromatic rings. The molecule has 1 saturated carbocycles. The van der Waals surface area contributed by atoms with Crippen LogP contribution in [-0.2, 0) is 29.2 Å². The number of nitrogens with one attached hydrogen (secondary N) is 1. The lowest BCUT2D eigenvalue weighted by molar-refractivity contribution is 0.0985. The zero-order valence-corrected chi connectivity index (χ0v) is 23.6. The van der Waals surface area contributed by atoms with Gasteiger partial charge in [0.25, 0.3) is 10.0 Å². The molecule has 3 aromatic heterocycles. The summed E-state index contributed by atoms with van der Waals surface area (Å²) in [4.78, 5) is 16.5. The van der Waals surface area contributed by atoms with Gasteiger partial charge < -0.3 is 9.64 Å². The molecular weight excluding hydrogens is 536 g/mol. The van der Waals surface area contributed by atoms with Gasteiger partial charge in [-0.05, 0) is 51.0 Å². The zero-order valence-electron chi connectivity index (χ0n) is 22.0. The van der Waals surface area contributed by atoms with E-state index in [1.165, 1.54) is 16.4 Å². The number of benzene rings is 1. The number of rotatable bonds is 6. The fourth-order valence-electron chi connectivity index (χ4n) is 5.19. The molecule has 0 bridgehead atoms. The van der Waals surface area contributed by atoms with Crippen molar-refractivity contribution in [1.82, 2.24) is 18.9 Å². The molecule has 12 heteroatoms. The summed E-state index contributed by atoms with van der Waals surface area (Å²) in [6, 6.07) is 12.1. The Morgan fingerprint density at radius 3 is 2.49 bits per heavy atom. The van der Waals surface area contributed by atoms with Crippen molar-refractivity contribution in [2.24, 2.45) is 0 Å². The van der Waals surface area contributed by atoms with Gasteiger partial charge in [-0.25, -0.2) is 31.6 Å². The molecule has 0 radical (unpaired) electrons. The number of nitrogens with zero attached hydrogens (tertiary/aromatic N) is 5. The van der Waals surface area contributed by atoms with Gasteiger partial charge in [0.2, 0.25) is 0 Å². The molecule has 4 heterocycles. The maximum absolute atomic E-state index is 13.5. The molecule has 2 fully saturated rings. The van der Waals surface area contributed by atoms with E-state index in [0.717, 1.165) is 5.56 Å². The first-order valence-electron chi connectivity index (χ1n) is 12.8. The van der Waals surface area contributed by atoms with Crippen LogP contribution < -0.4 is 4.90 Å². The van der Waals surface area contributed by atoms with Crippen LogP contribution in [0.5, 0.6) is 0 Å². The molecule has 2 atom stereocenters. The number of pyridine rings is 1. The van der Waals surface area contributed by atoms with Crippen LogP contribution in [-0.4, -0.2) is 63.6 Å². The van der Waals surface area contributed by atoms with Crippen molar-refractivity contribution in [2.75, 3.05) is 30.9 Å². The third-order valence-electron chi connectivity index (χ3n) is 7.66. The molecule has 0 spiro atoms. The predicted molar refractivity (Wildman–Crippen MR) is 150 cm³/mol. The van der Waals surface area contributed by atoms with Gasteiger partial charge >= 0.3 is 0 Å². The van der Waals surface area contributed by atoms with E-state index in [1.807, 2.05) is 13.0 Å². The lowest BCUT2D eigenvalue weighted by atomic mass is 10.1. The fraction of sp³-hybridized carbons (Fsp3) is 0.370. The quantitative estimate of drug-likeness (QED) is 0.371. The Hall–Kier alpha value is -3.35. The second-order valence-electron chi connectivity index (χ2n) is 10.4. The van der Waals surface area contributed by atoms with Crippen LogP contribution >= 0.6 is 0 Å². The Labute approximate surface area is 228 Å². The highest BCUT2D eigenvalue weighted by Gasteiger charge is 2.53. The van der Waals surface area contributed by atoms with E-state index in [0.29, 0.717) is 60.9 Å². The molecule has 1 saturated heterocycles. The molecule has 204 valence electrons. The summed E-state index contributed by atoms with van der Waals surface area (Å²) >= 11 is 0. The molecule has 2 aliphatic rings. The summed E-state index contributed by atoms with van der Waals surface area (Å²) in [7, 11) is -6.81. The smallest absolute Gasteiger partial charge is 0.269 e. The van der Waals surface area contributed by atoms with Gasteiger partial charge in [-0.1, -0.05) is 17.7 Å². The number of anilines is 1. The first-order chi connectivity index (χ1) is 18.5. The van der Waals surface area contributed by atoms with Gasteiger partial charge in [0.05, 0.1) is 44.3 Å². The SMILES string of the molecule is Cc1ccc(S(=O)(=O)n2ccc3c(-c4nc(N5CCOC[C@H]5C)cc(C5([S@](C)(=N)=O)CC5)n4)ccnc32)cc1. The Morgan fingerprint density at radius 2 is 1.82 bits per heavy atom. The van der Waals surface area contributed by atoms with E-state index in [1.54, 1.807) is 42.6 Å². The highest BCUT2D eigenvalue weighted by molar-refractivity contribution is 7.93. The summed E-state index contributed by atoms with van der Waals surface area (Å²) in [6.07, 6.45) is 5.76. The summed E-state index contributed by atoms with van der Waals surface area (Å²) in [6.45, 7) is 5.72. The lowest BCUT2D eigenvalue weighted by Crippen LogP contribution is -2.44. The summed E-state index contributed by atoms with van der Waals surface area (Å²) in [5.41, 5.74) is 2.43. The predicted octanol–water partition coefficient (Wildman–Crippen LogP) is 3.93. The molecule has 39 heavy (non-hydrogen) atoms. The molecular formula is C27H30N6O4S2. The van der Waals surface area contributed by atoms with E-state index < -0.39 is 24.5 Å². The number of fused-ring (bicyclic) bond motifs is 1. The number of hydrogen-bond acceptors (Lipinski definition) is 9. The molecule has 1 aromatic carbocycles. The van der Waals surface area contributed by atoms with Crippen LogP contribution in [0.1, 0.15) is 31.0 Å². The number of hydrogen-bond donors (Lipinski definition) is 1. The second-order valence-corrected chi connectivity index (χ2v) is 14.7. The number of aryl methyl sites for hydroxylation is 1. The standard InChI is InChI=1S/C27H30N6O4S2/c1-18-4-6-20(7-5-18)39(35,36)33-13-9-22-21(8-12-29-26(22)33)25-30-23(27(10-11-27)38(3,28)34)16-24(31-25)32-14-15-37-17-19(32)2/h4-9,12-13,16,19,28H,10-11,14-15,17H2,1-3H3/t19-,38-/m1/s1. The summed E-state index contributed by atoms with van der Waals surface area (Å²) in [5.74, 6) is 1.06. The van der Waals surface area contributed by atoms with Gasteiger partial charge in [0.15, 0.2) is 11.5 Å². The van der Waals surface area contributed by atoms with Gasteiger partial charge in [-0.15, -0.1) is 0 Å². The van der Waals surface area contributed by atoms with E-state index in [2.05, 4.69) is 16.8 Å². The van der Waals surface area contributed by atoms with Crippen molar-refractivity contribution in [3.05, 3.63) is 66.1 Å². The van der Waals surface area contributed by atoms with Crippen molar-refractivity contribution in [3.63, 3.8) is 0 Å². The van der Waals surface area contributed by atoms with Crippen LogP contribution in [0.4, 0.5) is 5.82 Å². The molecule has 1 aliphatic heterocycles. The number of aromatic nitrogens is 4. The van der Waals surface area contributed by atoms with Crippen LogP contribution in [0.15, 0.2) is 59.8 Å². The summed E-state index contributed by atoms with van der Waals surface area (Å²) < 4.78 is 54.4. The molecule has 0 amide bonds. The van der Waals surface area contributed by atoms with Crippen LogP contribution in [0, 0.1) is 11.7 Å². The molecule has 0 unspecified atom stereocenters. The highest BCUT2D eigenvalue weighted by Crippen LogP contribution is 2.52. The molecule has 1 N–H and O–H groups in total. The molecule has 6 rings (SSSR count). The van der Waals surface area contributed by atoms with Crippen molar-refractivity contribution in [1.29, 1.82) is 4.78 Å². The zero-order chi connectivity index (χ0) is 27.6. The van der Waals surface area contributed by atoms with E-state index in [-0.39, 0.29) is 16.6 Å². The van der Waals surface area contributed by atoms with Crippen LogP contribution in [0.2, 0.25) is 0 Å². The minimum absolute atomic E-state index is 0.0738. The normalized spacial score (nSPS) is 20.6. The maximum atomic E-state index is 13.5. The topological polar surface area (TPSA) is 131 Å². The third kappa shape index (κ3) is 4.30. The highest BCUT2D eigenvalue weighted by atomic mass is 32.2. The minimum atomic E-state index is -3.88. The van der Waals surface area contributed by atoms with E-state index >= 15 is 0 Å². The Balaban J connectivity index is 1.53. The first kappa shape index (κ1) is 25.9. The van der Waals surface area contributed by atoms with E-state index in [4.69, 9.17) is 19.5 Å². The number of morpholine rings is 1. The summed E-state index contributed by atoms with van der Waals surface area (Å²) in [5, 5.41) is 0.583. The van der Waals surface area contributed by atoms with Crippen molar-refractivity contribution < 1.29 is 17.4 Å². The average Bonchev–Trinajstić information content (AvgIpc) is 3.62. The van der Waals surface area contributed by atoms with Gasteiger partial charge in [0, 0.05) is 42.2 Å². The second kappa shape index (κ2) is 9.10. The minimum Gasteiger partial charge on any atom is -0.377 e. The Bertz CT molecular complexity index is 1800. The van der Waals surface area contributed by atoms with Crippen molar-refractivity contribution in [3.8, 4) is 11.4 Å². The monoisotopic (exact) mass is 566 g/mol. The van der Waals surface area contributed by atoms with Crippen molar-refractivity contribution >= 4 is 36.6 Å². The van der Waals surface area contributed by atoms with Gasteiger partial charge in [-0.2, -0.15) is 0 Å². The Kier molecular flexibility index (Phi) is 6.05. The first-order valence-corrected chi connectivity index (χ1v) is 16.2. The molecule has 1 aliphatic carbocycles. The Morgan fingerprint density at radius 1 is 1.08 bits per heavy atom. The van der Waals surface area contributed by atoms with Crippen molar-refractivity contribution in [2.45, 2.75) is 42.4 Å². The molecule has 10 nitrogen and oxygen atoms in total. The van der Waals surface area contributed by atoms with Crippen LogP contribution in [0.25, 0.3) is 22.4 Å². The maximum Gasteiger partial charge on any atom is 0.269 e. The van der Waals surface area contributed by atoms with Gasteiger partial charge in [-0.3, -0.25) is 4.78 Å². The fourth-order valence-corrected chi connectivity index (χ4v) is 7.88. The van der Waals surface area contributed by atoms with Gasteiger partial charge in [0.1, 0.15) is 5.82 Å². The number of ether oxygens (including phenoxy) is 1. The average molecular weight is 567 g/mol. The van der Waals surface area contributed by atoms with E-state index in [9.17, 15) is 12.6 Å². The third-order valence-corrected chi connectivity index (χ3v) is 11.5. The van der Waals surface area contributed by atoms with Crippen LogP contribution in [0.3, 0.4) is 0 Å². The lowest BCUT2D eigenvalue weighted by Gasteiger charge is -2.35.